The van der Waals surface area contributed by atoms with Gasteiger partial charge in [-0.3, -0.25) is 28.8 Å². The minimum atomic E-state index is -4.70. The molecule has 0 unspecified atom stereocenters. The molecule has 0 bridgehead atoms. The smallest absolute Gasteiger partial charge is 0.450 e. The standard InChI is InChI=1S/C12H16O2.C10H22O2Si.C9H18O2.C8H14O2.C6H9Cl3O2.C6H9F3O.5CH4/c1-12(2,3)11(13)14-9-10-7-5-4-6-8-10;1-10(2,3)9(11)12-7-8-13(4,5)6;1-8(2,3)7(10)11-9(4,5)6;1-5-6-10-7(9)8(2,3)4;1-5(2,3)4(10)11-6(7,8)9;1-5(2,3)4(10)6(7,8)9;;;;;/h4-8H,9H2,1-3H3;7-8H2,1-6H3;1-6H3;5H,1,6H2,2-4H3;1-3H3;1-3H3;5*1H4. The number of halogens is 6. The molecule has 74 heavy (non-hydrogen) atoms. The molecule has 0 aliphatic rings. The predicted molar refractivity (Wildman–Crippen MR) is 310 cm³/mol. The third kappa shape index (κ3) is 59.7. The Morgan fingerprint density at radius 2 is 0.811 bits per heavy atom. The average molecular weight is 1150 g/mol. The van der Waals surface area contributed by atoms with E-state index in [0.717, 1.165) is 11.6 Å². The second kappa shape index (κ2) is 38.4. The van der Waals surface area contributed by atoms with E-state index in [9.17, 15) is 41.9 Å². The Bertz CT molecular complexity index is 1650. The summed E-state index contributed by atoms with van der Waals surface area (Å²) < 4.78 is 57.6. The SMILES string of the molecule is C.C.C.C.C.C=CCOC(=O)C(C)(C)C.CC(C)(C)C(=O)C(F)(F)F.CC(C)(C)C(=O)OC(Cl)(Cl)Cl.CC(C)(C)C(=O)OCC[Si](C)(C)C.CC(C)(C)C(=O)OCc1ccccc1.CC(C)(C)OC(=O)C(C)(C)C. The molecular formula is C56H108Cl3F3O11Si. The van der Waals surface area contributed by atoms with Crippen molar-refractivity contribution in [1.29, 1.82) is 0 Å². The number of esters is 5. The molecule has 444 valence electrons. The number of Topliss-reactive ketones (excluding diaryl/α,β-unsaturated/α-hetero) is 1. The highest BCUT2D eigenvalue weighted by molar-refractivity contribution is 6.76. The second-order valence-corrected chi connectivity index (χ2v) is 31.9. The average Bonchev–Trinajstić information content (AvgIpc) is 3.09. The zero-order valence-electron chi connectivity index (χ0n) is 46.3. The van der Waals surface area contributed by atoms with Crippen LogP contribution in [0.4, 0.5) is 13.2 Å². The molecule has 1 rings (SSSR count). The van der Waals surface area contributed by atoms with Crippen LogP contribution in [0, 0.1) is 32.5 Å². The molecule has 0 heterocycles. The minimum absolute atomic E-state index is 0. The van der Waals surface area contributed by atoms with E-state index in [4.69, 9.17) is 53.8 Å². The maximum Gasteiger partial charge on any atom is 0.450 e. The lowest BCUT2D eigenvalue weighted by molar-refractivity contribution is -0.179. The zero-order valence-corrected chi connectivity index (χ0v) is 49.5. The van der Waals surface area contributed by atoms with E-state index in [2.05, 4.69) is 31.0 Å². The van der Waals surface area contributed by atoms with Gasteiger partial charge in [0.1, 0.15) is 18.8 Å². The van der Waals surface area contributed by atoms with Crippen LogP contribution in [0.3, 0.4) is 0 Å². The van der Waals surface area contributed by atoms with Gasteiger partial charge >= 0.3 is 40.0 Å². The first kappa shape index (κ1) is 93.4. The van der Waals surface area contributed by atoms with Crippen molar-refractivity contribution in [2.24, 2.45) is 32.5 Å². The van der Waals surface area contributed by atoms with Crippen molar-refractivity contribution in [3.8, 4) is 0 Å². The molecule has 0 aliphatic heterocycles. The Morgan fingerprint density at radius 3 is 1.03 bits per heavy atom. The lowest BCUT2D eigenvalue weighted by Crippen LogP contribution is -2.34. The molecule has 0 saturated heterocycles. The van der Waals surface area contributed by atoms with Crippen LogP contribution in [-0.4, -0.2) is 72.7 Å². The molecule has 1 aromatic rings. The third-order valence-electron chi connectivity index (χ3n) is 7.24. The van der Waals surface area contributed by atoms with Crippen LogP contribution in [0.5, 0.6) is 0 Å². The summed E-state index contributed by atoms with van der Waals surface area (Å²) in [5, 5.41) is 0. The highest BCUT2D eigenvalue weighted by Gasteiger charge is 2.45. The van der Waals surface area contributed by atoms with Crippen molar-refractivity contribution in [3.05, 3.63) is 48.6 Å². The van der Waals surface area contributed by atoms with Gasteiger partial charge in [0.2, 0.25) is 5.78 Å². The first-order valence-electron chi connectivity index (χ1n) is 22.3. The number of carbonyl (C=O) groups excluding carboxylic acids is 6. The van der Waals surface area contributed by atoms with E-state index in [0.29, 0.717) is 19.8 Å². The number of rotatable bonds is 7. The van der Waals surface area contributed by atoms with Crippen LogP contribution in [0.1, 0.15) is 188 Å². The number of hydrogen-bond acceptors (Lipinski definition) is 11. The molecule has 0 amide bonds. The highest BCUT2D eigenvalue weighted by atomic mass is 35.6. The van der Waals surface area contributed by atoms with Crippen LogP contribution in [-0.2, 0) is 59.1 Å². The molecule has 0 radical (unpaired) electrons. The second-order valence-electron chi connectivity index (χ2n) is 24.1. The predicted octanol–water partition coefficient (Wildman–Crippen LogP) is 18.1. The van der Waals surface area contributed by atoms with Crippen molar-refractivity contribution in [3.63, 3.8) is 0 Å². The highest BCUT2D eigenvalue weighted by Crippen LogP contribution is 2.31. The van der Waals surface area contributed by atoms with E-state index in [1.54, 1.807) is 26.8 Å². The van der Waals surface area contributed by atoms with E-state index in [1.807, 2.05) is 134 Å². The van der Waals surface area contributed by atoms with Crippen LogP contribution in [0.15, 0.2) is 43.0 Å². The van der Waals surface area contributed by atoms with E-state index >= 15 is 0 Å². The summed E-state index contributed by atoms with van der Waals surface area (Å²) >= 11 is 15.7. The summed E-state index contributed by atoms with van der Waals surface area (Å²) in [5.41, 5.74) is -2.90. The van der Waals surface area contributed by atoms with Crippen molar-refractivity contribution in [2.45, 2.75) is 231 Å². The maximum absolute atomic E-state index is 11.6. The normalized spacial score (nSPS) is 11.4. The summed E-state index contributed by atoms with van der Waals surface area (Å²) in [4.78, 5) is 66.3. The van der Waals surface area contributed by atoms with Crippen molar-refractivity contribution < 1.29 is 65.6 Å². The van der Waals surface area contributed by atoms with E-state index in [-0.39, 0.29) is 72.0 Å². The molecule has 0 spiro atoms. The quantitative estimate of drug-likeness (QED) is 0.0844. The largest absolute Gasteiger partial charge is 0.466 e. The summed E-state index contributed by atoms with van der Waals surface area (Å²) in [6.45, 7) is 48.0. The van der Waals surface area contributed by atoms with Gasteiger partial charge in [0.05, 0.1) is 33.7 Å². The number of benzene rings is 1. The van der Waals surface area contributed by atoms with Gasteiger partial charge in [0.25, 0.3) is 0 Å². The van der Waals surface area contributed by atoms with Gasteiger partial charge < -0.3 is 23.7 Å². The van der Waals surface area contributed by atoms with Crippen molar-refractivity contribution >= 4 is 78.5 Å². The summed E-state index contributed by atoms with van der Waals surface area (Å²) in [6, 6.07) is 10.7. The summed E-state index contributed by atoms with van der Waals surface area (Å²) in [6.07, 6.45) is -3.14. The molecule has 0 aromatic heterocycles. The molecule has 0 atom stereocenters. The fraction of sp³-hybridized carbons (Fsp3) is 0.750. The van der Waals surface area contributed by atoms with E-state index < -0.39 is 57.1 Å². The molecule has 1 aromatic carbocycles. The van der Waals surface area contributed by atoms with Gasteiger partial charge in [-0.15, -0.1) is 0 Å². The Hall–Kier alpha value is -3.14. The topological polar surface area (TPSA) is 149 Å². The Morgan fingerprint density at radius 1 is 0.500 bits per heavy atom. The number of ether oxygens (including phenoxy) is 5. The first-order valence-corrected chi connectivity index (χ1v) is 27.2. The molecule has 18 heteroatoms. The Labute approximate surface area is 466 Å². The van der Waals surface area contributed by atoms with Gasteiger partial charge in [0, 0.05) is 13.5 Å². The van der Waals surface area contributed by atoms with Crippen LogP contribution in [0.2, 0.25) is 25.7 Å². The fourth-order valence-electron chi connectivity index (χ4n) is 3.07. The Balaban J connectivity index is -0.0000000823. The van der Waals surface area contributed by atoms with Gasteiger partial charge in [0.15, 0.2) is 0 Å². The number of carbonyl (C=O) groups is 6. The molecule has 0 saturated carbocycles. The zero-order chi connectivity index (χ0) is 56.6. The Kier molecular flexibility index (Phi) is 48.5. The van der Waals surface area contributed by atoms with Crippen LogP contribution in [0.25, 0.3) is 0 Å². The summed E-state index contributed by atoms with van der Waals surface area (Å²) in [5.74, 6) is -2.82. The van der Waals surface area contributed by atoms with Gasteiger partial charge in [-0.25, -0.2) is 0 Å². The lowest BCUT2D eigenvalue weighted by Gasteiger charge is -2.25. The molecule has 0 aliphatic carbocycles. The number of ketones is 1. The fourth-order valence-corrected chi connectivity index (χ4v) is 4.00. The molecule has 11 nitrogen and oxygen atoms in total. The van der Waals surface area contributed by atoms with Gasteiger partial charge in [-0.2, -0.15) is 13.2 Å². The molecule has 0 N–H and O–H groups in total. The lowest BCUT2D eigenvalue weighted by atomic mass is 9.91. The van der Waals surface area contributed by atoms with Gasteiger partial charge in [-0.1, -0.05) is 121 Å². The van der Waals surface area contributed by atoms with Crippen LogP contribution >= 0.6 is 34.8 Å². The van der Waals surface area contributed by atoms with Crippen molar-refractivity contribution in [2.75, 3.05) is 13.2 Å². The first-order chi connectivity index (χ1) is 30.0. The van der Waals surface area contributed by atoms with Gasteiger partial charge in [-0.05, 0) is 171 Å². The van der Waals surface area contributed by atoms with Crippen LogP contribution < -0.4 is 0 Å². The maximum atomic E-state index is 11.6. The van der Waals surface area contributed by atoms with Crippen molar-refractivity contribution in [1.82, 2.24) is 0 Å². The third-order valence-corrected chi connectivity index (χ3v) is 9.17. The summed E-state index contributed by atoms with van der Waals surface area (Å²) in [7, 11) is -1.06. The minimum Gasteiger partial charge on any atom is -0.466 e. The number of alkyl halides is 6. The van der Waals surface area contributed by atoms with E-state index in [1.165, 1.54) is 20.8 Å². The monoisotopic (exact) mass is 1150 g/mol. The number of hydrogen-bond donors (Lipinski definition) is 0. The molecule has 0 fully saturated rings. The molecular weight excluding hydrogens is 1040 g/mol.